The van der Waals surface area contributed by atoms with Gasteiger partial charge < -0.3 is 14.4 Å². The van der Waals surface area contributed by atoms with Gasteiger partial charge in [-0.15, -0.1) is 0 Å². The Bertz CT molecular complexity index is 204. The number of hydrogen-bond donors (Lipinski definition) is 0. The van der Waals surface area contributed by atoms with Crippen LogP contribution in [0.5, 0.6) is 0 Å². The van der Waals surface area contributed by atoms with Crippen LogP contribution >= 0.6 is 0 Å². The fraction of sp³-hybridized carbons (Fsp3) is 1.00. The molecule has 0 aromatic heterocycles. The first-order valence-corrected chi connectivity index (χ1v) is 5.98. The molecule has 2 rings (SSSR count). The van der Waals surface area contributed by atoms with Gasteiger partial charge in [0.2, 0.25) is 0 Å². The van der Waals surface area contributed by atoms with Crippen molar-refractivity contribution in [3.63, 3.8) is 0 Å². The molecule has 0 spiro atoms. The van der Waals surface area contributed by atoms with E-state index in [1.807, 2.05) is 7.11 Å². The maximum Gasteiger partial charge on any atom is 0.0530 e. The van der Waals surface area contributed by atoms with Crippen molar-refractivity contribution in [3.05, 3.63) is 0 Å². The van der Waals surface area contributed by atoms with Crippen molar-refractivity contribution in [2.24, 2.45) is 11.3 Å². The van der Waals surface area contributed by atoms with E-state index in [-0.39, 0.29) is 0 Å². The Morgan fingerprint density at radius 1 is 1.27 bits per heavy atom. The van der Waals surface area contributed by atoms with Gasteiger partial charge in [0.1, 0.15) is 0 Å². The van der Waals surface area contributed by atoms with Gasteiger partial charge in [-0.2, -0.15) is 0 Å². The molecule has 88 valence electrons. The highest BCUT2D eigenvalue weighted by Crippen LogP contribution is 2.46. The van der Waals surface area contributed by atoms with Crippen molar-refractivity contribution in [2.45, 2.75) is 19.3 Å². The van der Waals surface area contributed by atoms with E-state index < -0.39 is 0 Å². The molecule has 1 heterocycles. The van der Waals surface area contributed by atoms with Crippen molar-refractivity contribution in [1.82, 2.24) is 4.90 Å². The number of rotatable bonds is 6. The summed E-state index contributed by atoms with van der Waals surface area (Å²) >= 11 is 0. The maximum atomic E-state index is 5.30. The maximum absolute atomic E-state index is 5.30. The van der Waals surface area contributed by atoms with Gasteiger partial charge in [0.25, 0.3) is 0 Å². The van der Waals surface area contributed by atoms with Crippen LogP contribution in [0.1, 0.15) is 19.3 Å². The van der Waals surface area contributed by atoms with E-state index in [4.69, 9.17) is 9.47 Å². The summed E-state index contributed by atoms with van der Waals surface area (Å²) in [5.74, 6) is 0.758. The highest BCUT2D eigenvalue weighted by Gasteiger charge is 2.44. The summed E-state index contributed by atoms with van der Waals surface area (Å²) < 4.78 is 10.5. The molecule has 0 N–H and O–H groups in total. The van der Waals surface area contributed by atoms with Crippen molar-refractivity contribution < 1.29 is 9.47 Å². The molecule has 1 saturated carbocycles. The quantitative estimate of drug-likeness (QED) is 0.665. The van der Waals surface area contributed by atoms with Crippen molar-refractivity contribution in [1.29, 1.82) is 0 Å². The smallest absolute Gasteiger partial charge is 0.0530 e. The molecule has 1 aliphatic carbocycles. The monoisotopic (exact) mass is 213 g/mol. The molecule has 2 aliphatic rings. The van der Waals surface area contributed by atoms with Crippen LogP contribution in [0.2, 0.25) is 0 Å². The molecular weight excluding hydrogens is 190 g/mol. The third-order valence-electron chi connectivity index (χ3n) is 3.74. The molecule has 3 heteroatoms. The Morgan fingerprint density at radius 2 is 2.07 bits per heavy atom. The molecule has 1 aliphatic heterocycles. The fourth-order valence-electron chi connectivity index (χ4n) is 2.73. The van der Waals surface area contributed by atoms with Crippen LogP contribution in [0, 0.1) is 11.3 Å². The van der Waals surface area contributed by atoms with Crippen LogP contribution < -0.4 is 0 Å². The summed E-state index contributed by atoms with van der Waals surface area (Å²) in [6.07, 6.45) is 4.01. The Hall–Kier alpha value is -0.120. The molecule has 0 bridgehead atoms. The van der Waals surface area contributed by atoms with E-state index in [1.165, 1.54) is 38.9 Å². The predicted octanol–water partition coefficient (Wildman–Crippen LogP) is 1.38. The average Bonchev–Trinajstić information content (AvgIpc) is 2.80. The number of likely N-dealkylation sites (tertiary alicyclic amines) is 1. The van der Waals surface area contributed by atoms with Crippen molar-refractivity contribution >= 4 is 0 Å². The lowest BCUT2D eigenvalue weighted by molar-refractivity contribution is 0.110. The summed E-state index contributed by atoms with van der Waals surface area (Å²) in [4.78, 5) is 2.59. The zero-order chi connectivity index (χ0) is 10.7. The van der Waals surface area contributed by atoms with Gasteiger partial charge in [0.05, 0.1) is 13.2 Å². The largest absolute Gasteiger partial charge is 0.384 e. The second-order valence-corrected chi connectivity index (χ2v) is 5.28. The normalized spacial score (nSPS) is 29.6. The Morgan fingerprint density at radius 3 is 2.67 bits per heavy atom. The first kappa shape index (κ1) is 11.4. The molecule has 0 aromatic rings. The van der Waals surface area contributed by atoms with E-state index in [1.54, 1.807) is 7.11 Å². The second-order valence-electron chi connectivity index (χ2n) is 5.28. The van der Waals surface area contributed by atoms with E-state index in [0.29, 0.717) is 5.41 Å². The van der Waals surface area contributed by atoms with Crippen LogP contribution in [-0.2, 0) is 9.47 Å². The summed E-state index contributed by atoms with van der Waals surface area (Å²) in [5.41, 5.74) is 0.511. The lowest BCUT2D eigenvalue weighted by atomic mass is 10.1. The highest BCUT2D eigenvalue weighted by atomic mass is 16.5. The van der Waals surface area contributed by atoms with Crippen LogP contribution in [0.25, 0.3) is 0 Å². The van der Waals surface area contributed by atoms with Crippen LogP contribution in [0.4, 0.5) is 0 Å². The first-order valence-electron chi connectivity index (χ1n) is 5.98. The van der Waals surface area contributed by atoms with Gasteiger partial charge in [-0.25, -0.2) is 0 Å². The molecule has 3 nitrogen and oxygen atoms in total. The lowest BCUT2D eigenvalue weighted by Crippen LogP contribution is -2.31. The molecule has 1 atom stereocenters. The number of hydrogen-bond acceptors (Lipinski definition) is 3. The zero-order valence-electron chi connectivity index (χ0n) is 10.00. The molecular formula is C12H23NO2. The Labute approximate surface area is 92.7 Å². The van der Waals surface area contributed by atoms with Gasteiger partial charge in [-0.05, 0) is 31.7 Å². The van der Waals surface area contributed by atoms with Gasteiger partial charge >= 0.3 is 0 Å². The minimum atomic E-state index is 0.511. The van der Waals surface area contributed by atoms with Gasteiger partial charge in [-0.3, -0.25) is 0 Å². The number of ether oxygens (including phenoxy) is 2. The first-order chi connectivity index (χ1) is 7.28. The zero-order valence-corrected chi connectivity index (χ0v) is 10.00. The summed E-state index contributed by atoms with van der Waals surface area (Å²) in [6.45, 7) is 5.58. The average molecular weight is 213 g/mol. The van der Waals surface area contributed by atoms with E-state index in [9.17, 15) is 0 Å². The molecule has 0 radical (unpaired) electrons. The number of nitrogens with zero attached hydrogens (tertiary/aromatic N) is 1. The SMILES string of the molecule is COCC1CCN(CC2(COC)CC2)C1. The minimum Gasteiger partial charge on any atom is -0.384 e. The minimum absolute atomic E-state index is 0.511. The lowest BCUT2D eigenvalue weighted by Gasteiger charge is -2.22. The molecule has 15 heavy (non-hydrogen) atoms. The third kappa shape index (κ3) is 2.92. The molecule has 2 fully saturated rings. The molecule has 1 saturated heterocycles. The van der Waals surface area contributed by atoms with Gasteiger partial charge in [0, 0.05) is 32.7 Å². The topological polar surface area (TPSA) is 21.7 Å². The molecule has 0 aromatic carbocycles. The summed E-state index contributed by atoms with van der Waals surface area (Å²) in [6, 6.07) is 0. The molecule has 1 unspecified atom stereocenters. The van der Waals surface area contributed by atoms with Crippen LogP contribution in [0.3, 0.4) is 0 Å². The Kier molecular flexibility index (Phi) is 3.65. The predicted molar refractivity (Wildman–Crippen MR) is 60.0 cm³/mol. The summed E-state index contributed by atoms with van der Waals surface area (Å²) in [5, 5.41) is 0. The third-order valence-corrected chi connectivity index (χ3v) is 3.74. The van der Waals surface area contributed by atoms with Crippen molar-refractivity contribution in [2.75, 3.05) is 47.1 Å². The fourth-order valence-corrected chi connectivity index (χ4v) is 2.73. The van der Waals surface area contributed by atoms with Crippen molar-refractivity contribution in [3.8, 4) is 0 Å². The standard InChI is InChI=1S/C12H23NO2/c1-14-8-11-3-6-13(7-11)9-12(4-5-12)10-15-2/h11H,3-10H2,1-2H3. The second kappa shape index (κ2) is 4.81. The van der Waals surface area contributed by atoms with Crippen LogP contribution in [0.15, 0.2) is 0 Å². The summed E-state index contributed by atoms with van der Waals surface area (Å²) in [7, 11) is 3.62. The van der Waals surface area contributed by atoms with E-state index >= 15 is 0 Å². The van der Waals surface area contributed by atoms with Gasteiger partial charge in [-0.1, -0.05) is 0 Å². The van der Waals surface area contributed by atoms with Gasteiger partial charge in [0.15, 0.2) is 0 Å². The Balaban J connectivity index is 1.72. The highest BCUT2D eigenvalue weighted by molar-refractivity contribution is 4.96. The van der Waals surface area contributed by atoms with E-state index in [0.717, 1.165) is 19.1 Å². The number of methoxy groups -OCH3 is 2. The molecule has 0 amide bonds. The van der Waals surface area contributed by atoms with Crippen LogP contribution in [-0.4, -0.2) is 52.0 Å². The van der Waals surface area contributed by atoms with E-state index in [2.05, 4.69) is 4.90 Å².